The van der Waals surface area contributed by atoms with Crippen molar-refractivity contribution >= 4 is 40.0 Å². The number of halogens is 2. The van der Waals surface area contributed by atoms with Crippen LogP contribution in [0.1, 0.15) is 5.76 Å². The molecular weight excluding hydrogens is 326 g/mol. The number of anilines is 1. The Bertz CT molecular complexity index is 458. The molecule has 0 saturated heterocycles. The first-order valence-electron chi connectivity index (χ1n) is 4.35. The first kappa shape index (κ1) is 10.8. The number of rotatable bonds is 3. The minimum Gasteiger partial charge on any atom is -0.454 e. The zero-order chi connectivity index (χ0) is 10.7. The van der Waals surface area contributed by atoms with Crippen LogP contribution in [-0.4, -0.2) is 4.98 Å². The fraction of sp³-hybridized carbons (Fsp3) is 0.100. The van der Waals surface area contributed by atoms with Crippen molar-refractivity contribution in [3.63, 3.8) is 0 Å². The van der Waals surface area contributed by atoms with Gasteiger partial charge in [0.25, 0.3) is 0 Å². The van der Waals surface area contributed by atoms with Gasteiger partial charge >= 0.3 is 0 Å². The number of hydrogen-bond acceptors (Lipinski definition) is 3. The summed E-state index contributed by atoms with van der Waals surface area (Å²) in [6.07, 6.45) is 0. The lowest BCUT2D eigenvalue weighted by Crippen LogP contribution is -1.99. The normalized spacial score (nSPS) is 10.3. The van der Waals surface area contributed by atoms with E-state index in [2.05, 4.69) is 32.9 Å². The van der Waals surface area contributed by atoms with Gasteiger partial charge in [0, 0.05) is 0 Å². The van der Waals surface area contributed by atoms with Gasteiger partial charge in [-0.1, -0.05) is 17.7 Å². The molecule has 2 heterocycles. The Morgan fingerprint density at radius 1 is 1.33 bits per heavy atom. The van der Waals surface area contributed by atoms with Gasteiger partial charge < -0.3 is 9.73 Å². The maximum Gasteiger partial charge on any atom is 0.164 e. The van der Waals surface area contributed by atoms with Crippen molar-refractivity contribution in [2.45, 2.75) is 6.54 Å². The van der Waals surface area contributed by atoms with Crippen LogP contribution in [0.2, 0.25) is 5.15 Å². The van der Waals surface area contributed by atoms with Gasteiger partial charge in [0.15, 0.2) is 3.77 Å². The monoisotopic (exact) mass is 334 g/mol. The maximum absolute atomic E-state index is 5.75. The quantitative estimate of drug-likeness (QED) is 0.689. The summed E-state index contributed by atoms with van der Waals surface area (Å²) in [6.45, 7) is 0.607. The molecule has 0 spiro atoms. The Labute approximate surface area is 106 Å². The van der Waals surface area contributed by atoms with Crippen LogP contribution in [0.25, 0.3) is 0 Å². The molecule has 0 bridgehead atoms. The van der Waals surface area contributed by atoms with Gasteiger partial charge in [-0.2, -0.15) is 0 Å². The van der Waals surface area contributed by atoms with E-state index in [-0.39, 0.29) is 0 Å². The summed E-state index contributed by atoms with van der Waals surface area (Å²) in [4.78, 5) is 4.11. The minimum absolute atomic E-state index is 0.481. The molecule has 0 fully saturated rings. The molecule has 1 N–H and O–H groups in total. The molecule has 0 radical (unpaired) electrons. The van der Waals surface area contributed by atoms with Gasteiger partial charge in [0.05, 0.1) is 6.54 Å². The first-order chi connectivity index (χ1) is 7.24. The molecule has 2 aromatic heterocycles. The van der Waals surface area contributed by atoms with Crippen molar-refractivity contribution < 1.29 is 4.42 Å². The predicted molar refractivity (Wildman–Crippen MR) is 68.0 cm³/mol. The van der Waals surface area contributed by atoms with Crippen molar-refractivity contribution in [1.82, 2.24) is 4.98 Å². The molecule has 2 aromatic rings. The first-order valence-corrected chi connectivity index (χ1v) is 5.80. The molecule has 0 unspecified atom stereocenters. The van der Waals surface area contributed by atoms with Crippen molar-refractivity contribution in [3.8, 4) is 0 Å². The van der Waals surface area contributed by atoms with Crippen molar-refractivity contribution in [1.29, 1.82) is 0 Å². The zero-order valence-electron chi connectivity index (χ0n) is 7.71. The van der Waals surface area contributed by atoms with Crippen LogP contribution in [0.3, 0.4) is 0 Å². The molecule has 78 valence electrons. The molecule has 2 rings (SSSR count). The van der Waals surface area contributed by atoms with E-state index in [1.807, 2.05) is 24.3 Å². The largest absolute Gasteiger partial charge is 0.454 e. The Balaban J connectivity index is 1.99. The van der Waals surface area contributed by atoms with Gasteiger partial charge in [-0.15, -0.1) is 0 Å². The van der Waals surface area contributed by atoms with Crippen molar-refractivity contribution in [2.75, 3.05) is 5.32 Å². The highest BCUT2D eigenvalue weighted by Crippen LogP contribution is 2.13. The van der Waals surface area contributed by atoms with E-state index in [4.69, 9.17) is 16.0 Å². The number of nitrogens with zero attached hydrogens (tertiary/aromatic N) is 1. The standard InChI is InChI=1S/C10H8ClIN2O/c11-8-2-1-3-10(14-8)13-6-7-4-5-9(12)15-7/h1-5H,6H2,(H,13,14). The lowest BCUT2D eigenvalue weighted by atomic mass is 10.4. The fourth-order valence-corrected chi connectivity index (χ4v) is 1.76. The molecule has 0 saturated carbocycles. The van der Waals surface area contributed by atoms with E-state index in [1.165, 1.54) is 0 Å². The van der Waals surface area contributed by atoms with Crippen LogP contribution in [0.4, 0.5) is 5.82 Å². The number of nitrogens with one attached hydrogen (secondary N) is 1. The van der Waals surface area contributed by atoms with Gasteiger partial charge in [-0.25, -0.2) is 4.98 Å². The highest BCUT2D eigenvalue weighted by molar-refractivity contribution is 14.1. The summed E-state index contributed by atoms with van der Waals surface area (Å²) >= 11 is 7.88. The second kappa shape index (κ2) is 4.85. The van der Waals surface area contributed by atoms with Gasteiger partial charge in [0.2, 0.25) is 0 Å². The van der Waals surface area contributed by atoms with E-state index in [1.54, 1.807) is 6.07 Å². The molecule has 0 atom stereocenters. The topological polar surface area (TPSA) is 38.1 Å². The summed E-state index contributed by atoms with van der Waals surface area (Å²) in [5.74, 6) is 1.62. The molecule has 0 aliphatic heterocycles. The Kier molecular flexibility index (Phi) is 3.48. The van der Waals surface area contributed by atoms with Crippen molar-refractivity contribution in [2.24, 2.45) is 0 Å². The zero-order valence-corrected chi connectivity index (χ0v) is 10.6. The average Bonchev–Trinajstić information content (AvgIpc) is 2.62. The van der Waals surface area contributed by atoms with Gasteiger partial charge in [0.1, 0.15) is 16.7 Å². The third kappa shape index (κ3) is 3.10. The summed E-state index contributed by atoms with van der Waals surface area (Å²) in [7, 11) is 0. The number of hydrogen-bond donors (Lipinski definition) is 1. The lowest BCUT2D eigenvalue weighted by Gasteiger charge is -2.02. The maximum atomic E-state index is 5.75. The summed E-state index contributed by atoms with van der Waals surface area (Å²) in [5.41, 5.74) is 0. The Morgan fingerprint density at radius 3 is 2.87 bits per heavy atom. The smallest absolute Gasteiger partial charge is 0.164 e. The predicted octanol–water partition coefficient (Wildman–Crippen LogP) is 3.54. The van der Waals surface area contributed by atoms with Crippen molar-refractivity contribution in [3.05, 3.63) is 45.0 Å². The lowest BCUT2D eigenvalue weighted by molar-refractivity contribution is 0.492. The molecule has 5 heteroatoms. The SMILES string of the molecule is Clc1cccc(NCc2ccc(I)o2)n1. The van der Waals surface area contributed by atoms with E-state index >= 15 is 0 Å². The molecule has 0 aromatic carbocycles. The van der Waals surface area contributed by atoms with Crippen LogP contribution in [0.15, 0.2) is 34.7 Å². The molecule has 15 heavy (non-hydrogen) atoms. The highest BCUT2D eigenvalue weighted by atomic mass is 127. The van der Waals surface area contributed by atoms with Gasteiger partial charge in [-0.3, -0.25) is 0 Å². The fourth-order valence-electron chi connectivity index (χ4n) is 1.13. The molecule has 0 aliphatic carbocycles. The van der Waals surface area contributed by atoms with E-state index in [9.17, 15) is 0 Å². The van der Waals surface area contributed by atoms with Crippen LogP contribution in [0, 0.1) is 3.77 Å². The number of aromatic nitrogens is 1. The number of furan rings is 1. The second-order valence-corrected chi connectivity index (χ2v) is 4.36. The third-order valence-electron chi connectivity index (χ3n) is 1.79. The van der Waals surface area contributed by atoms with Crippen LogP contribution in [0.5, 0.6) is 0 Å². The molecule has 3 nitrogen and oxygen atoms in total. The Morgan fingerprint density at radius 2 is 2.20 bits per heavy atom. The number of pyridine rings is 1. The Hall–Kier alpha value is -0.750. The highest BCUT2D eigenvalue weighted by Gasteiger charge is 2.00. The average molecular weight is 335 g/mol. The van der Waals surface area contributed by atoms with Crippen LogP contribution in [-0.2, 0) is 6.54 Å². The molecule has 0 amide bonds. The summed E-state index contributed by atoms with van der Waals surface area (Å²) in [6, 6.07) is 9.30. The van der Waals surface area contributed by atoms with Crippen LogP contribution >= 0.6 is 34.2 Å². The van der Waals surface area contributed by atoms with E-state index in [0.29, 0.717) is 11.7 Å². The molecular formula is C10H8ClIN2O. The van der Waals surface area contributed by atoms with Gasteiger partial charge in [-0.05, 0) is 46.9 Å². The summed E-state index contributed by atoms with van der Waals surface area (Å²) in [5, 5.41) is 3.60. The molecule has 0 aliphatic rings. The van der Waals surface area contributed by atoms with E-state index in [0.717, 1.165) is 15.3 Å². The second-order valence-electron chi connectivity index (χ2n) is 2.90. The summed E-state index contributed by atoms with van der Waals surface area (Å²) < 4.78 is 6.28. The minimum atomic E-state index is 0.481. The third-order valence-corrected chi connectivity index (χ3v) is 2.58. The van der Waals surface area contributed by atoms with Crippen LogP contribution < -0.4 is 5.32 Å². The van der Waals surface area contributed by atoms with E-state index < -0.39 is 0 Å².